The molecular weight excluding hydrogens is 238 g/mol. The van der Waals surface area contributed by atoms with Crippen molar-refractivity contribution in [3.05, 3.63) is 57.3 Å². The Morgan fingerprint density at radius 1 is 1.22 bits per heavy atom. The normalized spacial score (nSPS) is 14.9. The van der Waals surface area contributed by atoms with Gasteiger partial charge in [0.15, 0.2) is 0 Å². The van der Waals surface area contributed by atoms with Crippen LogP contribution < -0.4 is 5.32 Å². The lowest BCUT2D eigenvalue weighted by atomic mass is 10.1. The number of rotatable bonds is 5. The number of benzene rings is 1. The number of thiophene rings is 1. The van der Waals surface area contributed by atoms with Crippen molar-refractivity contribution in [2.45, 2.75) is 38.8 Å². The molecule has 0 bridgehead atoms. The maximum absolute atomic E-state index is 3.54. The average Bonchev–Trinajstić information content (AvgIpc) is 3.15. The van der Waals surface area contributed by atoms with Crippen LogP contribution in [0.1, 0.15) is 41.0 Å². The van der Waals surface area contributed by atoms with Gasteiger partial charge in [-0.05, 0) is 58.7 Å². The van der Waals surface area contributed by atoms with Crippen LogP contribution >= 0.6 is 11.3 Å². The highest BCUT2D eigenvalue weighted by atomic mass is 32.1. The summed E-state index contributed by atoms with van der Waals surface area (Å²) >= 11 is 1.79. The molecule has 0 unspecified atom stereocenters. The SMILES string of the molecule is Cc1cscc1CNCc1cccc(C2CC2)c1. The molecule has 0 atom stereocenters. The van der Waals surface area contributed by atoms with Crippen LogP contribution in [-0.2, 0) is 13.1 Å². The lowest BCUT2D eigenvalue weighted by Crippen LogP contribution is -2.12. The second-order valence-electron chi connectivity index (χ2n) is 5.20. The van der Waals surface area contributed by atoms with Crippen molar-refractivity contribution in [1.82, 2.24) is 5.32 Å². The topological polar surface area (TPSA) is 12.0 Å². The largest absolute Gasteiger partial charge is 0.309 e. The van der Waals surface area contributed by atoms with Crippen molar-refractivity contribution in [3.8, 4) is 0 Å². The quantitative estimate of drug-likeness (QED) is 0.845. The van der Waals surface area contributed by atoms with Gasteiger partial charge in [0.2, 0.25) is 0 Å². The van der Waals surface area contributed by atoms with Crippen LogP contribution in [0.4, 0.5) is 0 Å². The minimum atomic E-state index is 0.851. The standard InChI is InChI=1S/C16H19NS/c1-12-10-18-11-16(12)9-17-8-13-3-2-4-15(7-13)14-5-6-14/h2-4,7,10-11,14,17H,5-6,8-9H2,1H3. The predicted octanol–water partition coefficient (Wildman–Crippen LogP) is 4.22. The van der Waals surface area contributed by atoms with Gasteiger partial charge in [-0.2, -0.15) is 11.3 Å². The van der Waals surface area contributed by atoms with Gasteiger partial charge < -0.3 is 5.32 Å². The Balaban J connectivity index is 1.56. The molecule has 1 aliphatic rings. The van der Waals surface area contributed by atoms with Crippen molar-refractivity contribution in [2.75, 3.05) is 0 Å². The van der Waals surface area contributed by atoms with E-state index in [9.17, 15) is 0 Å². The molecule has 0 amide bonds. The zero-order valence-corrected chi connectivity index (χ0v) is 11.6. The molecular formula is C16H19NS. The maximum atomic E-state index is 3.54. The van der Waals surface area contributed by atoms with Crippen molar-refractivity contribution >= 4 is 11.3 Å². The lowest BCUT2D eigenvalue weighted by Gasteiger charge is -2.06. The first kappa shape index (κ1) is 11.9. The van der Waals surface area contributed by atoms with Gasteiger partial charge in [-0.15, -0.1) is 0 Å². The van der Waals surface area contributed by atoms with E-state index >= 15 is 0 Å². The van der Waals surface area contributed by atoms with Crippen molar-refractivity contribution < 1.29 is 0 Å². The van der Waals surface area contributed by atoms with Gasteiger partial charge >= 0.3 is 0 Å². The molecule has 1 aliphatic carbocycles. The Morgan fingerprint density at radius 3 is 2.83 bits per heavy atom. The number of aryl methyl sites for hydroxylation is 1. The molecule has 0 spiro atoms. The van der Waals surface area contributed by atoms with Gasteiger partial charge in [0.05, 0.1) is 0 Å². The first-order chi connectivity index (χ1) is 8.83. The highest BCUT2D eigenvalue weighted by Crippen LogP contribution is 2.40. The van der Waals surface area contributed by atoms with E-state index in [1.807, 2.05) is 0 Å². The van der Waals surface area contributed by atoms with E-state index < -0.39 is 0 Å². The summed E-state index contributed by atoms with van der Waals surface area (Å²) in [7, 11) is 0. The Morgan fingerprint density at radius 2 is 2.11 bits per heavy atom. The molecule has 1 fully saturated rings. The maximum Gasteiger partial charge on any atom is 0.0219 e. The molecule has 1 nitrogen and oxygen atoms in total. The van der Waals surface area contributed by atoms with Crippen molar-refractivity contribution in [1.29, 1.82) is 0 Å². The second kappa shape index (κ2) is 5.25. The molecule has 0 aliphatic heterocycles. The summed E-state index contributed by atoms with van der Waals surface area (Å²) in [6, 6.07) is 9.05. The van der Waals surface area contributed by atoms with Crippen molar-refractivity contribution in [2.24, 2.45) is 0 Å². The lowest BCUT2D eigenvalue weighted by molar-refractivity contribution is 0.692. The summed E-state index contributed by atoms with van der Waals surface area (Å²) in [4.78, 5) is 0. The Bertz CT molecular complexity index is 525. The number of hydrogen-bond acceptors (Lipinski definition) is 2. The highest BCUT2D eigenvalue weighted by molar-refractivity contribution is 7.08. The van der Waals surface area contributed by atoms with Crippen molar-refractivity contribution in [3.63, 3.8) is 0 Å². The fourth-order valence-corrected chi connectivity index (χ4v) is 3.14. The zero-order valence-electron chi connectivity index (χ0n) is 10.8. The molecule has 1 aromatic carbocycles. The molecule has 18 heavy (non-hydrogen) atoms. The third kappa shape index (κ3) is 2.82. The van der Waals surface area contributed by atoms with Gasteiger partial charge in [-0.25, -0.2) is 0 Å². The highest BCUT2D eigenvalue weighted by Gasteiger charge is 2.23. The van der Waals surface area contributed by atoms with Gasteiger partial charge in [-0.3, -0.25) is 0 Å². The summed E-state index contributed by atoms with van der Waals surface area (Å²) in [6.07, 6.45) is 2.76. The van der Waals surface area contributed by atoms with Gasteiger partial charge in [-0.1, -0.05) is 24.3 Å². The van der Waals surface area contributed by atoms with Crippen LogP contribution in [0.3, 0.4) is 0 Å². The minimum Gasteiger partial charge on any atom is -0.309 e. The summed E-state index contributed by atoms with van der Waals surface area (Å²) < 4.78 is 0. The van der Waals surface area contributed by atoms with Crippen LogP contribution in [0.15, 0.2) is 35.0 Å². The van der Waals surface area contributed by atoms with E-state index in [1.54, 1.807) is 11.3 Å². The van der Waals surface area contributed by atoms with Gasteiger partial charge in [0, 0.05) is 13.1 Å². The van der Waals surface area contributed by atoms with E-state index in [0.29, 0.717) is 0 Å². The van der Waals surface area contributed by atoms with Crippen LogP contribution in [0.25, 0.3) is 0 Å². The Hall–Kier alpha value is -1.12. The molecule has 1 saturated carbocycles. The van der Waals surface area contributed by atoms with Crippen LogP contribution in [0.5, 0.6) is 0 Å². The van der Waals surface area contributed by atoms with Crippen LogP contribution in [0.2, 0.25) is 0 Å². The Labute approximate surface area is 113 Å². The van der Waals surface area contributed by atoms with Crippen LogP contribution in [0, 0.1) is 6.92 Å². The molecule has 3 rings (SSSR count). The average molecular weight is 257 g/mol. The minimum absolute atomic E-state index is 0.851. The first-order valence-electron chi connectivity index (χ1n) is 6.64. The monoisotopic (exact) mass is 257 g/mol. The summed E-state index contributed by atoms with van der Waals surface area (Å²) in [5.41, 5.74) is 5.77. The fourth-order valence-electron chi connectivity index (χ4n) is 2.28. The molecule has 1 N–H and O–H groups in total. The molecule has 1 aromatic heterocycles. The van der Waals surface area contributed by atoms with E-state index in [2.05, 4.69) is 47.3 Å². The van der Waals surface area contributed by atoms with Gasteiger partial charge in [0.1, 0.15) is 0 Å². The molecule has 0 saturated heterocycles. The molecule has 2 heteroatoms. The third-order valence-electron chi connectivity index (χ3n) is 3.61. The summed E-state index contributed by atoms with van der Waals surface area (Å²) in [6.45, 7) is 4.13. The molecule has 2 aromatic rings. The molecule has 1 heterocycles. The first-order valence-corrected chi connectivity index (χ1v) is 7.58. The second-order valence-corrected chi connectivity index (χ2v) is 5.95. The van der Waals surface area contributed by atoms with E-state index in [4.69, 9.17) is 0 Å². The van der Waals surface area contributed by atoms with Gasteiger partial charge in [0.25, 0.3) is 0 Å². The third-order valence-corrected chi connectivity index (χ3v) is 4.52. The predicted molar refractivity (Wildman–Crippen MR) is 78.0 cm³/mol. The number of nitrogens with one attached hydrogen (secondary N) is 1. The van der Waals surface area contributed by atoms with E-state index in [0.717, 1.165) is 19.0 Å². The zero-order chi connectivity index (χ0) is 12.4. The Kier molecular flexibility index (Phi) is 3.48. The van der Waals surface area contributed by atoms with E-state index in [-0.39, 0.29) is 0 Å². The molecule has 0 radical (unpaired) electrons. The fraction of sp³-hybridized carbons (Fsp3) is 0.375. The molecule has 94 valence electrons. The van der Waals surface area contributed by atoms with E-state index in [1.165, 1.54) is 35.1 Å². The summed E-state index contributed by atoms with van der Waals surface area (Å²) in [5, 5.41) is 7.99. The van der Waals surface area contributed by atoms with Crippen LogP contribution in [-0.4, -0.2) is 0 Å². The number of hydrogen-bond donors (Lipinski definition) is 1. The smallest absolute Gasteiger partial charge is 0.0219 e. The summed E-state index contributed by atoms with van der Waals surface area (Å²) in [5.74, 6) is 0.851.